The van der Waals surface area contributed by atoms with Crippen LogP contribution in [-0.4, -0.2) is 28.7 Å². The molecule has 0 spiro atoms. The zero-order chi connectivity index (χ0) is 28.9. The molecule has 7 nitrogen and oxygen atoms in total. The maximum atomic E-state index is 13.2. The normalized spacial score (nSPS) is 12.7. The van der Waals surface area contributed by atoms with Crippen LogP contribution in [0, 0.1) is 0 Å². The van der Waals surface area contributed by atoms with Crippen molar-refractivity contribution in [3.8, 4) is 0 Å². The van der Waals surface area contributed by atoms with E-state index in [0.717, 1.165) is 11.1 Å². The average molecular weight is 549 g/mol. The van der Waals surface area contributed by atoms with E-state index in [1.54, 1.807) is 35.5 Å². The van der Waals surface area contributed by atoms with Gasteiger partial charge in [-0.2, -0.15) is 0 Å². The number of hydrogen-bond donors (Lipinski definition) is 3. The van der Waals surface area contributed by atoms with Crippen molar-refractivity contribution in [2.45, 2.75) is 50.5 Å². The molecule has 1 aromatic heterocycles. The Hall–Kier alpha value is -4.78. The first-order chi connectivity index (χ1) is 20.0. The minimum Gasteiger partial charge on any atom is -0.368 e. The minimum atomic E-state index is -0.975. The Morgan fingerprint density at radius 2 is 1.27 bits per heavy atom. The van der Waals surface area contributed by atoms with Gasteiger partial charge >= 0.3 is 0 Å². The van der Waals surface area contributed by atoms with E-state index in [-0.39, 0.29) is 24.7 Å². The molecule has 4 N–H and O–H groups in total. The van der Waals surface area contributed by atoms with Gasteiger partial charge in [-0.15, -0.1) is 0 Å². The van der Waals surface area contributed by atoms with Crippen molar-refractivity contribution < 1.29 is 14.4 Å². The number of aromatic nitrogens is 1. The zero-order valence-corrected chi connectivity index (χ0v) is 23.0. The van der Waals surface area contributed by atoms with Crippen molar-refractivity contribution in [1.29, 1.82) is 0 Å². The van der Waals surface area contributed by atoms with E-state index < -0.39 is 17.9 Å². The summed E-state index contributed by atoms with van der Waals surface area (Å²) < 4.78 is 0. The van der Waals surface area contributed by atoms with E-state index in [1.807, 2.05) is 60.7 Å². The molecule has 7 heteroatoms. The van der Waals surface area contributed by atoms with Crippen molar-refractivity contribution >= 4 is 23.5 Å². The molecule has 5 rings (SSSR count). The summed E-state index contributed by atoms with van der Waals surface area (Å²) in [7, 11) is 0. The highest BCUT2D eigenvalue weighted by atomic mass is 16.2. The molecule has 3 amide bonds. The molecule has 4 aromatic rings. The lowest BCUT2D eigenvalue weighted by Crippen LogP contribution is -2.46. The van der Waals surface area contributed by atoms with Gasteiger partial charge in [0.05, 0.1) is 5.92 Å². The van der Waals surface area contributed by atoms with Crippen LogP contribution in [0.25, 0.3) is 0 Å². The summed E-state index contributed by atoms with van der Waals surface area (Å²) in [5, 5.41) is 5.37. The predicted octanol–water partition coefficient (Wildman–Crippen LogP) is 5.17. The first kappa shape index (κ1) is 29.2. The molecule has 3 aromatic carbocycles. The van der Waals surface area contributed by atoms with Crippen LogP contribution < -0.4 is 16.4 Å². The Morgan fingerprint density at radius 3 is 1.78 bits per heavy atom. The van der Waals surface area contributed by atoms with Crippen molar-refractivity contribution in [1.82, 2.24) is 10.3 Å². The molecule has 0 saturated heterocycles. The molecular weight excluding hydrogens is 512 g/mol. The third kappa shape index (κ3) is 8.86. The summed E-state index contributed by atoms with van der Waals surface area (Å²) in [4.78, 5) is 41.3. The van der Waals surface area contributed by atoms with E-state index in [1.165, 1.54) is 25.7 Å². The maximum Gasteiger partial charge on any atom is 0.240 e. The Labute approximate surface area is 241 Å². The second-order valence-corrected chi connectivity index (χ2v) is 10.00. The molecule has 1 aliphatic rings. The molecule has 0 radical (unpaired) electrons. The Balaban J connectivity index is 0.000000322. The average Bonchev–Trinajstić information content (AvgIpc) is 3.01. The predicted molar refractivity (Wildman–Crippen MR) is 161 cm³/mol. The summed E-state index contributed by atoms with van der Waals surface area (Å²) in [6, 6.07) is 31.6. The summed E-state index contributed by atoms with van der Waals surface area (Å²) in [6.45, 7) is 0. The number of anilines is 1. The molecule has 0 bridgehead atoms. The molecule has 1 aliphatic carbocycles. The fourth-order valence-corrected chi connectivity index (χ4v) is 4.92. The van der Waals surface area contributed by atoms with E-state index >= 15 is 0 Å². The van der Waals surface area contributed by atoms with Gasteiger partial charge in [-0.05, 0) is 66.5 Å². The summed E-state index contributed by atoms with van der Waals surface area (Å²) in [5.41, 5.74) is 10.2. The van der Waals surface area contributed by atoms with Crippen molar-refractivity contribution in [2.24, 2.45) is 5.73 Å². The molecular formula is C34H36N4O3. The van der Waals surface area contributed by atoms with Gasteiger partial charge in [0.2, 0.25) is 17.7 Å². The highest BCUT2D eigenvalue weighted by Crippen LogP contribution is 2.25. The van der Waals surface area contributed by atoms with E-state index in [9.17, 15) is 14.4 Å². The number of nitrogens with zero attached hydrogens (tertiary/aromatic N) is 1. The molecule has 0 fully saturated rings. The van der Waals surface area contributed by atoms with Gasteiger partial charge in [0.15, 0.2) is 0 Å². The van der Waals surface area contributed by atoms with E-state index in [0.29, 0.717) is 5.82 Å². The van der Waals surface area contributed by atoms with Crippen LogP contribution in [0.2, 0.25) is 0 Å². The number of carbonyl (C=O) groups is 3. The molecule has 0 aliphatic heterocycles. The fourth-order valence-electron chi connectivity index (χ4n) is 4.92. The number of nitrogens with two attached hydrogens (primary N) is 1. The Morgan fingerprint density at radius 1 is 0.732 bits per heavy atom. The second kappa shape index (κ2) is 15.1. The number of benzene rings is 3. The van der Waals surface area contributed by atoms with Crippen LogP contribution in [-0.2, 0) is 27.2 Å². The van der Waals surface area contributed by atoms with E-state index in [2.05, 4.69) is 39.9 Å². The number of primary amides is 1. The number of aryl methyl sites for hydroxylation is 2. The molecule has 41 heavy (non-hydrogen) atoms. The van der Waals surface area contributed by atoms with Crippen LogP contribution in [0.15, 0.2) is 109 Å². The number of carbonyl (C=O) groups excluding carboxylic acids is 3. The molecule has 0 saturated carbocycles. The lowest BCUT2D eigenvalue weighted by Gasteiger charge is -2.21. The fraction of sp³-hybridized carbons (Fsp3) is 0.235. The second-order valence-electron chi connectivity index (χ2n) is 10.00. The largest absolute Gasteiger partial charge is 0.368 e. The van der Waals surface area contributed by atoms with Crippen LogP contribution in [0.3, 0.4) is 0 Å². The van der Waals surface area contributed by atoms with Gasteiger partial charge in [-0.3, -0.25) is 14.4 Å². The molecule has 210 valence electrons. The minimum absolute atomic E-state index is 0.00576. The van der Waals surface area contributed by atoms with Gasteiger partial charge in [0.1, 0.15) is 11.9 Å². The first-order valence-corrected chi connectivity index (χ1v) is 14.0. The van der Waals surface area contributed by atoms with Gasteiger partial charge in [-0.1, -0.05) is 91.0 Å². The number of pyridine rings is 1. The maximum absolute atomic E-state index is 13.2. The van der Waals surface area contributed by atoms with Crippen LogP contribution in [0.5, 0.6) is 0 Å². The van der Waals surface area contributed by atoms with Gasteiger partial charge in [-0.25, -0.2) is 4.98 Å². The lowest BCUT2D eigenvalue weighted by atomic mass is 9.90. The highest BCUT2D eigenvalue weighted by molar-refractivity contribution is 5.93. The lowest BCUT2D eigenvalue weighted by molar-refractivity contribution is -0.128. The topological polar surface area (TPSA) is 114 Å². The van der Waals surface area contributed by atoms with Crippen LogP contribution >= 0.6 is 0 Å². The monoisotopic (exact) mass is 548 g/mol. The number of amides is 3. The smallest absolute Gasteiger partial charge is 0.240 e. The van der Waals surface area contributed by atoms with Crippen LogP contribution in [0.4, 0.5) is 5.82 Å². The van der Waals surface area contributed by atoms with Gasteiger partial charge in [0.25, 0.3) is 0 Å². The van der Waals surface area contributed by atoms with Crippen molar-refractivity contribution in [3.05, 3.63) is 132 Å². The number of fused-ring (bicyclic) bond motifs is 1. The van der Waals surface area contributed by atoms with Crippen molar-refractivity contribution in [3.63, 3.8) is 0 Å². The summed E-state index contributed by atoms with van der Waals surface area (Å²) in [6.07, 6.45) is 7.03. The number of rotatable bonds is 9. The third-order valence-electron chi connectivity index (χ3n) is 7.04. The zero-order valence-electron chi connectivity index (χ0n) is 23.0. The van der Waals surface area contributed by atoms with Crippen LogP contribution in [0.1, 0.15) is 53.9 Å². The third-order valence-corrected chi connectivity index (χ3v) is 7.04. The van der Waals surface area contributed by atoms with Gasteiger partial charge < -0.3 is 16.4 Å². The highest BCUT2D eigenvalue weighted by Gasteiger charge is 2.27. The standard InChI is InChI=1S/C24H24N4O3.C10H12/c25-23(30)19(14-15-21(29)28-20-13-7-8-16-26-20)27-24(31)22(17-9-3-1-4-10-17)18-11-5-2-6-12-18;1-2-6-10-8-4-3-7-9(10)5-1/h1-13,16,19,22H,14-15H2,(H2,25,30)(H,27,31)(H,26,28,29);1-2,5-6H,3-4,7-8H2/t19-;/m1./s1. The number of hydrogen-bond acceptors (Lipinski definition) is 4. The summed E-state index contributed by atoms with van der Waals surface area (Å²) >= 11 is 0. The van der Waals surface area contributed by atoms with Crippen molar-refractivity contribution in [2.75, 3.05) is 5.32 Å². The number of nitrogens with one attached hydrogen (secondary N) is 2. The SMILES string of the molecule is NC(=O)[C@@H](CCC(=O)Nc1ccccn1)NC(=O)C(c1ccccc1)c1ccccc1.c1ccc2c(c1)CCCC2. The van der Waals surface area contributed by atoms with E-state index in [4.69, 9.17) is 5.73 Å². The molecule has 1 atom stereocenters. The molecule has 0 unspecified atom stereocenters. The summed E-state index contributed by atoms with van der Waals surface area (Å²) in [5.74, 6) is -1.56. The van der Waals surface area contributed by atoms with Gasteiger partial charge in [0, 0.05) is 12.6 Å². The Bertz CT molecular complexity index is 1350. The first-order valence-electron chi connectivity index (χ1n) is 14.0. The Kier molecular flexibility index (Phi) is 10.8. The molecule has 1 heterocycles. The quantitative estimate of drug-likeness (QED) is 0.268.